The van der Waals surface area contributed by atoms with Crippen molar-refractivity contribution in [3.63, 3.8) is 0 Å². The first-order valence-corrected chi connectivity index (χ1v) is 10.00. The minimum Gasteiger partial charge on any atom is -0.496 e. The zero-order chi connectivity index (χ0) is 19.4. The van der Waals surface area contributed by atoms with Gasteiger partial charge in [0.15, 0.2) is 0 Å². The molecule has 1 heterocycles. The molecule has 2 aromatic rings. The highest BCUT2D eigenvalue weighted by molar-refractivity contribution is 7.89. The van der Waals surface area contributed by atoms with Crippen LogP contribution in [0.4, 0.5) is 5.69 Å². The lowest BCUT2D eigenvalue weighted by molar-refractivity contribution is 0.0730. The summed E-state index contributed by atoms with van der Waals surface area (Å²) in [5.41, 5.74) is 1.71. The lowest BCUT2D eigenvalue weighted by atomic mass is 10.1. The summed E-state index contributed by atoms with van der Waals surface area (Å²) < 4.78 is 37.4. The Kier molecular flexibility index (Phi) is 5.79. The van der Waals surface area contributed by atoms with Crippen LogP contribution in [0.3, 0.4) is 0 Å². The van der Waals surface area contributed by atoms with E-state index in [9.17, 15) is 13.2 Å². The fourth-order valence-corrected chi connectivity index (χ4v) is 4.32. The van der Waals surface area contributed by atoms with E-state index in [0.717, 1.165) is 5.56 Å². The van der Waals surface area contributed by atoms with E-state index in [4.69, 9.17) is 9.47 Å². The Morgan fingerprint density at radius 1 is 1.15 bits per heavy atom. The average Bonchev–Trinajstić information content (AvgIpc) is 2.69. The van der Waals surface area contributed by atoms with Crippen LogP contribution >= 0.6 is 0 Å². The van der Waals surface area contributed by atoms with Crippen LogP contribution in [0.25, 0.3) is 0 Å². The predicted molar refractivity (Wildman–Crippen MR) is 102 cm³/mol. The van der Waals surface area contributed by atoms with E-state index in [1.54, 1.807) is 24.3 Å². The first-order chi connectivity index (χ1) is 12.9. The van der Waals surface area contributed by atoms with Gasteiger partial charge in [-0.2, -0.15) is 4.31 Å². The van der Waals surface area contributed by atoms with Gasteiger partial charge in [-0.05, 0) is 37.3 Å². The Bertz CT molecular complexity index is 937. The molecule has 0 bridgehead atoms. The van der Waals surface area contributed by atoms with Crippen LogP contribution in [-0.4, -0.2) is 52.0 Å². The molecule has 0 saturated carbocycles. The van der Waals surface area contributed by atoms with Crippen molar-refractivity contribution < 1.29 is 22.7 Å². The molecule has 27 heavy (non-hydrogen) atoms. The topological polar surface area (TPSA) is 84.9 Å². The van der Waals surface area contributed by atoms with Crippen LogP contribution in [0.15, 0.2) is 47.4 Å². The monoisotopic (exact) mass is 390 g/mol. The zero-order valence-electron chi connectivity index (χ0n) is 15.3. The van der Waals surface area contributed by atoms with E-state index in [-0.39, 0.29) is 10.8 Å². The van der Waals surface area contributed by atoms with Gasteiger partial charge in [-0.3, -0.25) is 4.79 Å². The second-order valence-electron chi connectivity index (χ2n) is 6.20. The van der Waals surface area contributed by atoms with E-state index in [1.807, 2.05) is 13.0 Å². The highest BCUT2D eigenvalue weighted by Crippen LogP contribution is 2.23. The number of ether oxygens (including phenoxy) is 2. The van der Waals surface area contributed by atoms with E-state index in [0.29, 0.717) is 43.3 Å². The molecular formula is C19H22N2O5S. The van der Waals surface area contributed by atoms with E-state index in [1.165, 1.54) is 23.5 Å². The number of carbonyl (C=O) groups is 1. The second kappa shape index (κ2) is 8.08. The fraction of sp³-hybridized carbons (Fsp3) is 0.316. The molecule has 7 nitrogen and oxygen atoms in total. The molecule has 1 aliphatic rings. The van der Waals surface area contributed by atoms with Gasteiger partial charge in [0.2, 0.25) is 10.0 Å². The third-order valence-electron chi connectivity index (χ3n) is 4.30. The summed E-state index contributed by atoms with van der Waals surface area (Å²) in [6.07, 6.45) is 0. The van der Waals surface area contributed by atoms with Crippen molar-refractivity contribution in [2.45, 2.75) is 11.8 Å². The van der Waals surface area contributed by atoms with Crippen LogP contribution < -0.4 is 10.1 Å². The maximum absolute atomic E-state index is 12.8. The molecule has 0 spiro atoms. The van der Waals surface area contributed by atoms with Gasteiger partial charge in [-0.1, -0.05) is 17.7 Å². The Morgan fingerprint density at radius 3 is 2.59 bits per heavy atom. The van der Waals surface area contributed by atoms with Crippen LogP contribution in [0, 0.1) is 6.92 Å². The zero-order valence-corrected chi connectivity index (χ0v) is 16.1. The van der Waals surface area contributed by atoms with Gasteiger partial charge in [0, 0.05) is 18.8 Å². The highest BCUT2D eigenvalue weighted by Gasteiger charge is 2.26. The van der Waals surface area contributed by atoms with Crippen molar-refractivity contribution in [3.05, 3.63) is 53.6 Å². The summed E-state index contributed by atoms with van der Waals surface area (Å²) in [5.74, 6) is 0.0895. The van der Waals surface area contributed by atoms with E-state index in [2.05, 4.69) is 5.32 Å². The smallest absolute Gasteiger partial charge is 0.259 e. The molecule has 1 fully saturated rings. The largest absolute Gasteiger partial charge is 0.496 e. The molecule has 0 unspecified atom stereocenters. The minimum atomic E-state index is -3.63. The molecule has 0 aliphatic carbocycles. The number of sulfonamides is 1. The number of anilines is 1. The van der Waals surface area contributed by atoms with Gasteiger partial charge in [-0.15, -0.1) is 0 Å². The van der Waals surface area contributed by atoms with Crippen LogP contribution in [-0.2, 0) is 14.8 Å². The van der Waals surface area contributed by atoms with Gasteiger partial charge < -0.3 is 14.8 Å². The third kappa shape index (κ3) is 4.29. The summed E-state index contributed by atoms with van der Waals surface area (Å²) in [7, 11) is -2.13. The number of rotatable bonds is 5. The molecule has 2 aromatic carbocycles. The van der Waals surface area contributed by atoms with Crippen molar-refractivity contribution >= 4 is 21.6 Å². The van der Waals surface area contributed by atoms with Gasteiger partial charge in [-0.25, -0.2) is 8.42 Å². The van der Waals surface area contributed by atoms with Crippen molar-refractivity contribution in [1.82, 2.24) is 4.31 Å². The number of morpholine rings is 1. The Labute approximate surface area is 158 Å². The lowest BCUT2D eigenvalue weighted by Crippen LogP contribution is -2.40. The van der Waals surface area contributed by atoms with Crippen molar-refractivity contribution in [1.29, 1.82) is 0 Å². The number of carbonyl (C=O) groups excluding carboxylic acids is 1. The fourth-order valence-electron chi connectivity index (χ4n) is 2.87. The third-order valence-corrected chi connectivity index (χ3v) is 6.19. The number of aryl methyl sites for hydroxylation is 1. The van der Waals surface area contributed by atoms with Crippen molar-refractivity contribution in [2.24, 2.45) is 0 Å². The molecule has 1 aliphatic heterocycles. The Morgan fingerprint density at radius 2 is 1.89 bits per heavy atom. The molecule has 3 rings (SSSR count). The van der Waals surface area contributed by atoms with Gasteiger partial charge in [0.1, 0.15) is 5.75 Å². The van der Waals surface area contributed by atoms with E-state index < -0.39 is 10.0 Å². The highest BCUT2D eigenvalue weighted by atomic mass is 32.2. The average molecular weight is 390 g/mol. The predicted octanol–water partition coefficient (Wildman–Crippen LogP) is 2.28. The van der Waals surface area contributed by atoms with Crippen molar-refractivity contribution in [3.8, 4) is 5.75 Å². The van der Waals surface area contributed by atoms with Gasteiger partial charge in [0.05, 0.1) is 30.8 Å². The molecule has 0 atom stereocenters. The first kappa shape index (κ1) is 19.3. The van der Waals surface area contributed by atoms with Crippen molar-refractivity contribution in [2.75, 3.05) is 38.7 Å². The van der Waals surface area contributed by atoms with Gasteiger partial charge in [0.25, 0.3) is 5.91 Å². The standard InChI is InChI=1S/C19H22N2O5S/c1-14-6-7-18(25-2)17(12-14)19(22)20-15-4-3-5-16(13-15)27(23,24)21-8-10-26-11-9-21/h3-7,12-13H,8-11H2,1-2H3,(H,20,22). The van der Waals surface area contributed by atoms with E-state index >= 15 is 0 Å². The number of hydrogen-bond donors (Lipinski definition) is 1. The lowest BCUT2D eigenvalue weighted by Gasteiger charge is -2.26. The van der Waals surface area contributed by atoms with Crippen LogP contribution in [0.2, 0.25) is 0 Å². The molecule has 1 N–H and O–H groups in total. The molecular weight excluding hydrogens is 368 g/mol. The normalized spacial score (nSPS) is 15.3. The minimum absolute atomic E-state index is 0.137. The summed E-state index contributed by atoms with van der Waals surface area (Å²) in [6.45, 7) is 3.27. The first-order valence-electron chi connectivity index (χ1n) is 8.56. The number of methoxy groups -OCH3 is 1. The summed E-state index contributed by atoms with van der Waals surface area (Å²) in [5, 5.41) is 2.75. The van der Waals surface area contributed by atoms with Crippen LogP contribution in [0.5, 0.6) is 5.75 Å². The van der Waals surface area contributed by atoms with Gasteiger partial charge >= 0.3 is 0 Å². The number of hydrogen-bond acceptors (Lipinski definition) is 5. The number of nitrogens with one attached hydrogen (secondary N) is 1. The summed E-state index contributed by atoms with van der Waals surface area (Å²) >= 11 is 0. The maximum atomic E-state index is 12.8. The molecule has 0 aromatic heterocycles. The Hall–Kier alpha value is -2.42. The maximum Gasteiger partial charge on any atom is 0.259 e. The Balaban J connectivity index is 1.84. The molecule has 144 valence electrons. The molecule has 0 radical (unpaired) electrons. The number of nitrogens with zero attached hydrogens (tertiary/aromatic N) is 1. The quantitative estimate of drug-likeness (QED) is 0.847. The molecule has 1 amide bonds. The number of benzene rings is 2. The second-order valence-corrected chi connectivity index (χ2v) is 8.14. The number of amides is 1. The summed E-state index contributed by atoms with van der Waals surface area (Å²) in [6, 6.07) is 11.5. The SMILES string of the molecule is COc1ccc(C)cc1C(=O)Nc1cccc(S(=O)(=O)N2CCOCC2)c1. The van der Waals surface area contributed by atoms with Crippen LogP contribution in [0.1, 0.15) is 15.9 Å². The molecule has 8 heteroatoms. The molecule has 1 saturated heterocycles. The summed E-state index contributed by atoms with van der Waals surface area (Å²) in [4.78, 5) is 12.8.